The Morgan fingerprint density at radius 3 is 2.29 bits per heavy atom. The second-order valence-electron chi connectivity index (χ2n) is 2.63. The fraction of sp³-hybridized carbons (Fsp3) is 0.714. The molecule has 0 aromatic heterocycles. The molecular formula is C7H13BF3KO2. The van der Waals surface area contributed by atoms with Gasteiger partial charge in [0.05, 0.1) is 0 Å². The van der Waals surface area contributed by atoms with E-state index in [-0.39, 0.29) is 58.0 Å². The molecular weight excluding hydrogens is 223 g/mol. The van der Waals surface area contributed by atoms with Crippen LogP contribution in [0.25, 0.3) is 0 Å². The van der Waals surface area contributed by atoms with Crippen molar-refractivity contribution in [1.29, 1.82) is 0 Å². The monoisotopic (exact) mass is 236 g/mol. The molecule has 0 saturated carbocycles. The topological polar surface area (TPSA) is 18.5 Å². The second-order valence-corrected chi connectivity index (χ2v) is 2.63. The first-order valence-electron chi connectivity index (χ1n) is 3.92. The summed E-state index contributed by atoms with van der Waals surface area (Å²) in [6, 6.07) is 0. The van der Waals surface area contributed by atoms with Gasteiger partial charge in [0.1, 0.15) is 0 Å². The molecule has 7 heteroatoms. The minimum absolute atomic E-state index is 0. The molecule has 0 aliphatic heterocycles. The van der Waals surface area contributed by atoms with Crippen LogP contribution in [0.3, 0.4) is 0 Å². The molecule has 0 aromatic rings. The van der Waals surface area contributed by atoms with Gasteiger partial charge >= 0.3 is 58.4 Å². The van der Waals surface area contributed by atoms with Gasteiger partial charge in [0.25, 0.3) is 0 Å². The summed E-state index contributed by atoms with van der Waals surface area (Å²) in [6.07, 6.45) is 0.592. The molecule has 0 aliphatic carbocycles. The summed E-state index contributed by atoms with van der Waals surface area (Å²) in [5.41, 5.74) is -0.794. The first-order valence-corrected chi connectivity index (χ1v) is 3.92. The van der Waals surface area contributed by atoms with Crippen molar-refractivity contribution in [2.24, 2.45) is 0 Å². The Hall–Kier alpha value is 1.15. The van der Waals surface area contributed by atoms with Gasteiger partial charge in [0.15, 0.2) is 0 Å². The summed E-state index contributed by atoms with van der Waals surface area (Å²) >= 11 is 0. The van der Waals surface area contributed by atoms with Crippen molar-refractivity contribution in [1.82, 2.24) is 0 Å². The van der Waals surface area contributed by atoms with Gasteiger partial charge in [-0.1, -0.05) is 0 Å². The van der Waals surface area contributed by atoms with E-state index in [4.69, 9.17) is 9.47 Å². The number of hydrogen-bond donors (Lipinski definition) is 0. The summed E-state index contributed by atoms with van der Waals surface area (Å²) in [5.74, 6) is 0. The van der Waals surface area contributed by atoms with Crippen molar-refractivity contribution in [3.63, 3.8) is 0 Å². The maximum atomic E-state index is 11.9. The molecule has 0 bridgehead atoms. The van der Waals surface area contributed by atoms with Crippen LogP contribution < -0.4 is 51.4 Å². The predicted octanol–water partition coefficient (Wildman–Crippen LogP) is -1.01. The van der Waals surface area contributed by atoms with Gasteiger partial charge in [-0.15, -0.1) is 12.1 Å². The molecule has 0 saturated heterocycles. The number of rotatable bonds is 7. The van der Waals surface area contributed by atoms with E-state index in [1.807, 2.05) is 0 Å². The number of halogens is 3. The predicted molar refractivity (Wildman–Crippen MR) is 45.5 cm³/mol. The zero-order chi connectivity index (χ0) is 10.3. The zero-order valence-electron chi connectivity index (χ0n) is 8.56. The van der Waals surface area contributed by atoms with E-state index in [9.17, 15) is 12.9 Å². The van der Waals surface area contributed by atoms with Crippen molar-refractivity contribution < 1.29 is 73.8 Å². The maximum Gasteiger partial charge on any atom is 1.00 e. The standard InChI is InChI=1S/C7H13BF3O2.K/c1-7(8(9,10)11)6-13-5-3-4-12-2;/h1,3-6H2,2H3;/q-1;+1. The van der Waals surface area contributed by atoms with Gasteiger partial charge in [-0.2, -0.15) is 0 Å². The molecule has 0 amide bonds. The van der Waals surface area contributed by atoms with Crippen molar-refractivity contribution in [2.45, 2.75) is 6.42 Å². The Morgan fingerprint density at radius 2 is 1.86 bits per heavy atom. The molecule has 78 valence electrons. The number of ether oxygens (including phenoxy) is 2. The van der Waals surface area contributed by atoms with Crippen LogP contribution in [0.15, 0.2) is 12.1 Å². The van der Waals surface area contributed by atoms with Crippen molar-refractivity contribution in [3.8, 4) is 0 Å². The third kappa shape index (κ3) is 9.70. The van der Waals surface area contributed by atoms with E-state index in [1.165, 1.54) is 7.11 Å². The molecule has 0 rings (SSSR count). The Labute approximate surface area is 125 Å². The molecule has 0 N–H and O–H groups in total. The first-order chi connectivity index (χ1) is 5.98. The Bertz CT molecular complexity index is 164. The van der Waals surface area contributed by atoms with Crippen molar-refractivity contribution in [2.75, 3.05) is 26.9 Å². The molecule has 0 unspecified atom stereocenters. The van der Waals surface area contributed by atoms with Crippen molar-refractivity contribution >= 4 is 6.98 Å². The smallest absolute Gasteiger partial charge is 0.445 e. The third-order valence-electron chi connectivity index (χ3n) is 1.39. The minimum Gasteiger partial charge on any atom is -0.445 e. The molecule has 0 aliphatic rings. The Kier molecular flexibility index (Phi) is 11.8. The summed E-state index contributed by atoms with van der Waals surface area (Å²) in [5, 5.41) is 0. The molecule has 0 aromatic carbocycles. The van der Waals surface area contributed by atoms with E-state index < -0.39 is 19.1 Å². The van der Waals surface area contributed by atoms with Gasteiger partial charge < -0.3 is 22.4 Å². The van der Waals surface area contributed by atoms with Gasteiger partial charge in [-0.25, -0.2) is 0 Å². The van der Waals surface area contributed by atoms with E-state index in [1.54, 1.807) is 0 Å². The molecule has 0 atom stereocenters. The fourth-order valence-corrected chi connectivity index (χ4v) is 0.603. The van der Waals surface area contributed by atoms with E-state index in [2.05, 4.69) is 6.58 Å². The Balaban J connectivity index is 0. The molecule has 0 heterocycles. The van der Waals surface area contributed by atoms with Crippen LogP contribution in [0.1, 0.15) is 6.42 Å². The summed E-state index contributed by atoms with van der Waals surface area (Å²) in [7, 11) is 1.53. The van der Waals surface area contributed by atoms with Crippen LogP contribution in [-0.2, 0) is 9.47 Å². The van der Waals surface area contributed by atoms with E-state index in [0.29, 0.717) is 13.0 Å². The van der Waals surface area contributed by atoms with Gasteiger partial charge in [0.2, 0.25) is 0 Å². The van der Waals surface area contributed by atoms with Crippen LogP contribution in [0.5, 0.6) is 0 Å². The Morgan fingerprint density at radius 1 is 1.29 bits per heavy atom. The van der Waals surface area contributed by atoms with Gasteiger partial charge in [-0.05, 0) is 6.42 Å². The van der Waals surface area contributed by atoms with Crippen LogP contribution in [0.4, 0.5) is 12.9 Å². The van der Waals surface area contributed by atoms with Crippen molar-refractivity contribution in [3.05, 3.63) is 12.1 Å². The molecule has 0 fully saturated rings. The molecule has 14 heavy (non-hydrogen) atoms. The normalized spacial score (nSPS) is 10.9. The minimum atomic E-state index is -4.95. The SMILES string of the molecule is C=C(COCCCOC)[B-](F)(F)F.[K+]. The summed E-state index contributed by atoms with van der Waals surface area (Å²) in [6.45, 7) is -1.74. The molecule has 2 nitrogen and oxygen atoms in total. The van der Waals surface area contributed by atoms with Crippen LogP contribution in [0.2, 0.25) is 0 Å². The fourth-order valence-electron chi connectivity index (χ4n) is 0.603. The van der Waals surface area contributed by atoms with E-state index in [0.717, 1.165) is 0 Å². The largest absolute Gasteiger partial charge is 1.00 e. The number of hydrogen-bond acceptors (Lipinski definition) is 2. The first kappa shape index (κ1) is 17.5. The number of methoxy groups -OCH3 is 1. The molecule has 0 radical (unpaired) electrons. The van der Waals surface area contributed by atoms with Crippen LogP contribution in [-0.4, -0.2) is 33.9 Å². The second kappa shape index (κ2) is 9.38. The quantitative estimate of drug-likeness (QED) is 0.416. The van der Waals surface area contributed by atoms with Gasteiger partial charge in [-0.3, -0.25) is 0 Å². The molecule has 0 spiro atoms. The van der Waals surface area contributed by atoms with E-state index >= 15 is 0 Å². The third-order valence-corrected chi connectivity index (χ3v) is 1.39. The average molecular weight is 236 g/mol. The van der Waals surface area contributed by atoms with Crippen LogP contribution in [0, 0.1) is 0 Å². The summed E-state index contributed by atoms with van der Waals surface area (Å²) in [4.78, 5) is 0. The maximum absolute atomic E-state index is 11.9. The van der Waals surface area contributed by atoms with Crippen LogP contribution >= 0.6 is 0 Å². The zero-order valence-corrected chi connectivity index (χ0v) is 11.7. The average Bonchev–Trinajstić information content (AvgIpc) is 2.02. The van der Waals surface area contributed by atoms with Gasteiger partial charge in [0, 0.05) is 26.9 Å². The summed E-state index contributed by atoms with van der Waals surface area (Å²) < 4.78 is 45.1.